The predicted molar refractivity (Wildman–Crippen MR) is 53.2 cm³/mol. The van der Waals surface area contributed by atoms with Crippen molar-refractivity contribution in [1.29, 1.82) is 0 Å². The molecule has 5 nitrogen and oxygen atoms in total. The highest BCUT2D eigenvalue weighted by molar-refractivity contribution is 7.95. The molecule has 0 heterocycles. The lowest BCUT2D eigenvalue weighted by Gasteiger charge is -2.09. The summed E-state index contributed by atoms with van der Waals surface area (Å²) in [6, 6.07) is 0. The van der Waals surface area contributed by atoms with Crippen LogP contribution in [0.5, 0.6) is 0 Å². The third-order valence-corrected chi connectivity index (χ3v) is 2.32. The first-order valence-corrected chi connectivity index (χ1v) is 5.93. The number of esters is 1. The quantitative estimate of drug-likeness (QED) is 0.494. The Morgan fingerprint density at radius 1 is 1.43 bits per heavy atom. The summed E-state index contributed by atoms with van der Waals surface area (Å²) in [6.07, 6.45) is 2.20. The maximum atomic E-state index is 11.2. The lowest BCUT2D eigenvalue weighted by atomic mass is 10.6. The molecule has 0 aliphatic carbocycles. The van der Waals surface area contributed by atoms with Gasteiger partial charge in [0.05, 0.1) is 6.61 Å². The highest BCUT2D eigenvalue weighted by atomic mass is 32.2. The van der Waals surface area contributed by atoms with E-state index >= 15 is 0 Å². The summed E-state index contributed by atoms with van der Waals surface area (Å²) in [5, 5.41) is 0. The number of hydrogen-bond donors (Lipinski definition) is 0. The number of nitrogens with zero attached hydrogens (tertiary/aromatic N) is 1. The van der Waals surface area contributed by atoms with Gasteiger partial charge in [-0.1, -0.05) is 0 Å². The molecule has 0 aliphatic rings. The molecular weight excluding hydrogens is 206 g/mol. The molecule has 0 amide bonds. The smallest absolute Gasteiger partial charge is 0.351 e. The van der Waals surface area contributed by atoms with Crippen molar-refractivity contribution in [3.63, 3.8) is 0 Å². The second kappa shape index (κ2) is 4.99. The Morgan fingerprint density at radius 3 is 2.21 bits per heavy atom. The maximum absolute atomic E-state index is 11.2. The van der Waals surface area contributed by atoms with Crippen LogP contribution in [-0.2, 0) is 19.4 Å². The van der Waals surface area contributed by atoms with Crippen molar-refractivity contribution in [3.05, 3.63) is 11.1 Å². The lowest BCUT2D eigenvalue weighted by Crippen LogP contribution is -2.18. The molecule has 0 saturated heterocycles. The number of hydrogen-bond acceptors (Lipinski definition) is 5. The van der Waals surface area contributed by atoms with Crippen LogP contribution in [0, 0.1) is 0 Å². The molecule has 0 fully saturated rings. The van der Waals surface area contributed by atoms with Crippen LogP contribution in [0.1, 0.15) is 6.92 Å². The molecule has 0 aromatic heterocycles. The summed E-state index contributed by atoms with van der Waals surface area (Å²) in [5.41, 5.74) is 0. The van der Waals surface area contributed by atoms with Crippen molar-refractivity contribution < 1.29 is 17.9 Å². The molecule has 0 aliphatic heterocycles. The van der Waals surface area contributed by atoms with Gasteiger partial charge in [0.1, 0.15) is 0 Å². The van der Waals surface area contributed by atoms with E-state index in [2.05, 4.69) is 4.74 Å². The molecule has 82 valence electrons. The van der Waals surface area contributed by atoms with E-state index in [-0.39, 0.29) is 11.5 Å². The molecule has 0 radical (unpaired) electrons. The third kappa shape index (κ3) is 4.27. The minimum absolute atomic E-state index is 0.152. The van der Waals surface area contributed by atoms with E-state index in [4.69, 9.17) is 0 Å². The largest absolute Gasteiger partial charge is 0.462 e. The first kappa shape index (κ1) is 13.0. The van der Waals surface area contributed by atoms with Crippen LogP contribution in [0.3, 0.4) is 0 Å². The molecule has 0 spiro atoms. The van der Waals surface area contributed by atoms with E-state index in [0.29, 0.717) is 0 Å². The van der Waals surface area contributed by atoms with Gasteiger partial charge in [0.2, 0.25) is 0 Å². The fourth-order valence-corrected chi connectivity index (χ4v) is 1.50. The van der Waals surface area contributed by atoms with Crippen LogP contribution in [0.25, 0.3) is 0 Å². The summed E-state index contributed by atoms with van der Waals surface area (Å²) >= 11 is 0. The molecule has 14 heavy (non-hydrogen) atoms. The first-order valence-electron chi connectivity index (χ1n) is 4.04. The highest BCUT2D eigenvalue weighted by Crippen LogP contribution is 2.07. The van der Waals surface area contributed by atoms with Gasteiger partial charge in [0.15, 0.2) is 14.7 Å². The zero-order valence-electron chi connectivity index (χ0n) is 8.77. The summed E-state index contributed by atoms with van der Waals surface area (Å²) in [4.78, 5) is 12.4. The van der Waals surface area contributed by atoms with E-state index in [1.165, 1.54) is 11.1 Å². The van der Waals surface area contributed by atoms with Crippen LogP contribution in [0.15, 0.2) is 11.1 Å². The second-order valence-electron chi connectivity index (χ2n) is 2.95. The van der Waals surface area contributed by atoms with E-state index in [9.17, 15) is 13.2 Å². The van der Waals surface area contributed by atoms with Crippen molar-refractivity contribution in [2.24, 2.45) is 0 Å². The maximum Gasteiger partial charge on any atom is 0.351 e. The Balaban J connectivity index is 5.04. The van der Waals surface area contributed by atoms with Crippen LogP contribution in [0.2, 0.25) is 0 Å². The Labute approximate surface area is 84.3 Å². The van der Waals surface area contributed by atoms with Crippen LogP contribution in [-0.4, -0.2) is 46.2 Å². The van der Waals surface area contributed by atoms with Crippen molar-refractivity contribution in [1.82, 2.24) is 4.90 Å². The Bertz CT molecular complexity index is 329. The van der Waals surface area contributed by atoms with Gasteiger partial charge in [-0.05, 0) is 6.92 Å². The minimum Gasteiger partial charge on any atom is -0.462 e. The Hall–Kier alpha value is -1.04. The SMILES string of the molecule is CCOC(=O)/C(=C/N(C)C)S(C)(=O)=O. The predicted octanol–water partition coefficient (Wildman–Crippen LogP) is -0.00290. The minimum atomic E-state index is -3.54. The molecular formula is C8H15NO4S. The summed E-state index contributed by atoms with van der Waals surface area (Å²) in [6.45, 7) is 1.77. The van der Waals surface area contributed by atoms with Crippen molar-refractivity contribution >= 4 is 15.8 Å². The second-order valence-corrected chi connectivity index (χ2v) is 4.93. The third-order valence-electron chi connectivity index (χ3n) is 1.25. The normalized spacial score (nSPS) is 12.4. The monoisotopic (exact) mass is 221 g/mol. The van der Waals surface area contributed by atoms with E-state index in [1.54, 1.807) is 21.0 Å². The molecule has 6 heteroatoms. The number of sulfone groups is 1. The van der Waals surface area contributed by atoms with E-state index in [0.717, 1.165) is 6.26 Å². The van der Waals surface area contributed by atoms with Gasteiger partial charge in [0.25, 0.3) is 0 Å². The topological polar surface area (TPSA) is 63.7 Å². The summed E-state index contributed by atoms with van der Waals surface area (Å²) in [5.74, 6) is -0.816. The molecule has 0 saturated carbocycles. The first-order chi connectivity index (χ1) is 6.29. The number of carbonyl (C=O) groups is 1. The van der Waals surface area contributed by atoms with Crippen LogP contribution < -0.4 is 0 Å². The zero-order chi connectivity index (χ0) is 11.4. The number of ether oxygens (including phenoxy) is 1. The molecule has 0 atom stereocenters. The number of rotatable bonds is 4. The zero-order valence-corrected chi connectivity index (χ0v) is 9.59. The van der Waals surface area contributed by atoms with Crippen LogP contribution in [0.4, 0.5) is 0 Å². The summed E-state index contributed by atoms with van der Waals surface area (Å²) < 4.78 is 27.0. The average Bonchev–Trinajstić information content (AvgIpc) is 1.98. The highest BCUT2D eigenvalue weighted by Gasteiger charge is 2.21. The van der Waals surface area contributed by atoms with Crippen LogP contribution >= 0.6 is 0 Å². The fraction of sp³-hybridized carbons (Fsp3) is 0.625. The van der Waals surface area contributed by atoms with Gasteiger partial charge in [-0.15, -0.1) is 0 Å². The fourth-order valence-electron chi connectivity index (χ4n) is 0.737. The Kier molecular flexibility index (Phi) is 4.62. The van der Waals surface area contributed by atoms with Gasteiger partial charge in [-0.2, -0.15) is 0 Å². The average molecular weight is 221 g/mol. The standard InChI is InChI=1S/C8H15NO4S/c1-5-13-8(10)7(6-9(2)3)14(4,11)12/h6H,5H2,1-4H3/b7-6-. The van der Waals surface area contributed by atoms with Gasteiger partial charge in [0, 0.05) is 26.6 Å². The molecule has 0 unspecified atom stereocenters. The molecule has 0 N–H and O–H groups in total. The van der Waals surface area contributed by atoms with Gasteiger partial charge in [-0.25, -0.2) is 13.2 Å². The van der Waals surface area contributed by atoms with Gasteiger partial charge in [-0.3, -0.25) is 0 Å². The number of carbonyl (C=O) groups excluding carboxylic acids is 1. The summed E-state index contributed by atoms with van der Waals surface area (Å²) in [7, 11) is -0.278. The Morgan fingerprint density at radius 2 is 1.93 bits per heavy atom. The molecule has 0 bridgehead atoms. The van der Waals surface area contributed by atoms with E-state index < -0.39 is 15.8 Å². The molecule has 0 aromatic rings. The van der Waals surface area contributed by atoms with Crippen molar-refractivity contribution in [2.45, 2.75) is 6.92 Å². The van der Waals surface area contributed by atoms with Crippen molar-refractivity contribution in [3.8, 4) is 0 Å². The molecule has 0 aromatic carbocycles. The van der Waals surface area contributed by atoms with Gasteiger partial charge < -0.3 is 9.64 Å². The van der Waals surface area contributed by atoms with Gasteiger partial charge >= 0.3 is 5.97 Å². The lowest BCUT2D eigenvalue weighted by molar-refractivity contribution is -0.137. The molecule has 0 rings (SSSR count). The van der Waals surface area contributed by atoms with E-state index in [1.807, 2.05) is 0 Å². The van der Waals surface area contributed by atoms with Crippen molar-refractivity contribution in [2.75, 3.05) is 27.0 Å².